The zero-order valence-electron chi connectivity index (χ0n) is 10.0. The van der Waals surface area contributed by atoms with Gasteiger partial charge in [0.15, 0.2) is 0 Å². The summed E-state index contributed by atoms with van der Waals surface area (Å²) in [4.78, 5) is 11.2. The van der Waals surface area contributed by atoms with E-state index in [1.54, 1.807) is 0 Å². The molecule has 3 unspecified atom stereocenters. The zero-order chi connectivity index (χ0) is 11.5. The third kappa shape index (κ3) is 2.51. The average molecular weight is 213 g/mol. The summed E-state index contributed by atoms with van der Waals surface area (Å²) in [6, 6.07) is 0. The number of hydrogen-bond donors (Lipinski definition) is 2. The van der Waals surface area contributed by atoms with Crippen LogP contribution in [0.15, 0.2) is 0 Å². The monoisotopic (exact) mass is 213 g/mol. The number of nitrogens with one attached hydrogen (secondary N) is 1. The Morgan fingerprint density at radius 3 is 2.73 bits per heavy atom. The molecule has 0 radical (unpaired) electrons. The van der Waals surface area contributed by atoms with Crippen molar-refractivity contribution in [3.05, 3.63) is 0 Å². The summed E-state index contributed by atoms with van der Waals surface area (Å²) in [6.45, 7) is 8.01. The van der Waals surface area contributed by atoms with Crippen LogP contribution in [0.4, 0.5) is 0 Å². The molecule has 1 aliphatic rings. The van der Waals surface area contributed by atoms with Crippen molar-refractivity contribution in [3.8, 4) is 0 Å². The number of hydrogen-bond acceptors (Lipinski definition) is 2. The molecule has 1 heterocycles. The summed E-state index contributed by atoms with van der Waals surface area (Å²) in [6.07, 6.45) is 3.12. The predicted molar refractivity (Wildman–Crippen MR) is 60.8 cm³/mol. The van der Waals surface area contributed by atoms with Crippen LogP contribution >= 0.6 is 0 Å². The van der Waals surface area contributed by atoms with Crippen LogP contribution in [0.2, 0.25) is 0 Å². The molecule has 0 aliphatic carbocycles. The molecule has 1 aliphatic heterocycles. The first-order valence-electron chi connectivity index (χ1n) is 5.99. The second-order valence-electron chi connectivity index (χ2n) is 4.96. The molecule has 0 bridgehead atoms. The third-order valence-electron chi connectivity index (χ3n) is 4.02. The quantitative estimate of drug-likeness (QED) is 0.735. The lowest BCUT2D eigenvalue weighted by molar-refractivity contribution is -0.145. The van der Waals surface area contributed by atoms with E-state index in [2.05, 4.69) is 26.1 Å². The van der Waals surface area contributed by atoms with Crippen molar-refractivity contribution in [2.24, 2.45) is 17.3 Å². The molecule has 1 saturated heterocycles. The van der Waals surface area contributed by atoms with Gasteiger partial charge in [-0.25, -0.2) is 0 Å². The molecule has 2 N–H and O–H groups in total. The van der Waals surface area contributed by atoms with Crippen LogP contribution in [0.1, 0.15) is 40.0 Å². The Morgan fingerprint density at radius 2 is 2.27 bits per heavy atom. The van der Waals surface area contributed by atoms with E-state index in [0.717, 1.165) is 25.8 Å². The number of rotatable bonds is 5. The highest BCUT2D eigenvalue weighted by Crippen LogP contribution is 2.41. The minimum Gasteiger partial charge on any atom is -0.481 e. The standard InChI is InChI=1S/C12H23NO2/c1-4-9(3)6-12(5-2)8-13-7-10(12)11(14)15/h9-10,13H,4-8H2,1-3H3,(H,14,15). The smallest absolute Gasteiger partial charge is 0.308 e. The Kier molecular flexibility index (Phi) is 4.14. The Labute approximate surface area is 92.3 Å². The molecule has 3 heteroatoms. The van der Waals surface area contributed by atoms with Gasteiger partial charge in [0.25, 0.3) is 0 Å². The van der Waals surface area contributed by atoms with Crippen LogP contribution in [0, 0.1) is 17.3 Å². The minimum absolute atomic E-state index is 0.0126. The number of carboxylic acids is 1. The Balaban J connectivity index is 2.77. The maximum atomic E-state index is 11.2. The lowest BCUT2D eigenvalue weighted by atomic mass is 9.70. The van der Waals surface area contributed by atoms with Crippen LogP contribution in [0.5, 0.6) is 0 Å². The molecule has 3 nitrogen and oxygen atoms in total. The van der Waals surface area contributed by atoms with Gasteiger partial charge in [0.1, 0.15) is 0 Å². The van der Waals surface area contributed by atoms with Gasteiger partial charge in [-0.2, -0.15) is 0 Å². The first kappa shape index (κ1) is 12.5. The fourth-order valence-electron chi connectivity index (χ4n) is 2.72. The van der Waals surface area contributed by atoms with E-state index in [4.69, 9.17) is 0 Å². The van der Waals surface area contributed by atoms with E-state index >= 15 is 0 Å². The van der Waals surface area contributed by atoms with Gasteiger partial charge in [-0.05, 0) is 24.2 Å². The Bertz CT molecular complexity index is 230. The zero-order valence-corrected chi connectivity index (χ0v) is 10.0. The van der Waals surface area contributed by atoms with Crippen molar-refractivity contribution in [2.45, 2.75) is 40.0 Å². The molecular formula is C12H23NO2. The van der Waals surface area contributed by atoms with Gasteiger partial charge in [-0.15, -0.1) is 0 Å². The van der Waals surface area contributed by atoms with E-state index in [9.17, 15) is 9.90 Å². The fraction of sp³-hybridized carbons (Fsp3) is 0.917. The normalized spacial score (nSPS) is 32.9. The topological polar surface area (TPSA) is 49.3 Å². The summed E-state index contributed by atoms with van der Waals surface area (Å²) >= 11 is 0. The minimum atomic E-state index is -0.634. The highest BCUT2D eigenvalue weighted by atomic mass is 16.4. The van der Waals surface area contributed by atoms with E-state index in [1.165, 1.54) is 0 Å². The van der Waals surface area contributed by atoms with Gasteiger partial charge in [0.05, 0.1) is 5.92 Å². The lowest BCUT2D eigenvalue weighted by Crippen LogP contribution is -2.36. The van der Waals surface area contributed by atoms with Crippen LogP contribution in [-0.2, 0) is 4.79 Å². The van der Waals surface area contributed by atoms with Crippen molar-refractivity contribution in [3.63, 3.8) is 0 Å². The maximum absolute atomic E-state index is 11.2. The number of carbonyl (C=O) groups is 1. The van der Waals surface area contributed by atoms with Gasteiger partial charge in [0, 0.05) is 13.1 Å². The number of carboxylic acid groups (broad SMARTS) is 1. The van der Waals surface area contributed by atoms with Crippen LogP contribution in [-0.4, -0.2) is 24.2 Å². The molecule has 88 valence electrons. The first-order valence-corrected chi connectivity index (χ1v) is 5.99. The predicted octanol–water partition coefficient (Wildman–Crippen LogP) is 2.12. The Hall–Kier alpha value is -0.570. The summed E-state index contributed by atoms with van der Waals surface area (Å²) in [7, 11) is 0. The molecule has 0 amide bonds. The maximum Gasteiger partial charge on any atom is 0.308 e. The van der Waals surface area contributed by atoms with Crippen molar-refractivity contribution < 1.29 is 9.90 Å². The molecule has 0 aromatic rings. The second kappa shape index (κ2) is 4.97. The van der Waals surface area contributed by atoms with Gasteiger partial charge in [-0.1, -0.05) is 27.2 Å². The second-order valence-corrected chi connectivity index (χ2v) is 4.96. The summed E-state index contributed by atoms with van der Waals surface area (Å²) < 4.78 is 0. The largest absolute Gasteiger partial charge is 0.481 e. The summed E-state index contributed by atoms with van der Waals surface area (Å²) in [5.74, 6) is -0.214. The molecule has 0 saturated carbocycles. The Morgan fingerprint density at radius 1 is 1.60 bits per heavy atom. The first-order chi connectivity index (χ1) is 7.05. The van der Waals surface area contributed by atoms with Crippen molar-refractivity contribution >= 4 is 5.97 Å². The van der Waals surface area contributed by atoms with Crippen LogP contribution in [0.25, 0.3) is 0 Å². The fourth-order valence-corrected chi connectivity index (χ4v) is 2.72. The molecule has 15 heavy (non-hydrogen) atoms. The summed E-state index contributed by atoms with van der Waals surface area (Å²) in [5, 5.41) is 12.5. The van der Waals surface area contributed by atoms with Gasteiger partial charge >= 0.3 is 5.97 Å². The highest BCUT2D eigenvalue weighted by molar-refractivity contribution is 5.72. The molecule has 3 atom stereocenters. The van der Waals surface area contributed by atoms with Crippen molar-refractivity contribution in [1.29, 1.82) is 0 Å². The van der Waals surface area contributed by atoms with E-state index in [0.29, 0.717) is 12.5 Å². The molecule has 1 fully saturated rings. The van der Waals surface area contributed by atoms with Crippen molar-refractivity contribution in [2.75, 3.05) is 13.1 Å². The molecule has 0 aromatic carbocycles. The average Bonchev–Trinajstić information content (AvgIpc) is 2.62. The van der Waals surface area contributed by atoms with Gasteiger partial charge < -0.3 is 10.4 Å². The van der Waals surface area contributed by atoms with Gasteiger partial charge in [0.2, 0.25) is 0 Å². The van der Waals surface area contributed by atoms with E-state index in [-0.39, 0.29) is 11.3 Å². The molecular weight excluding hydrogens is 190 g/mol. The molecule has 1 rings (SSSR count). The van der Waals surface area contributed by atoms with Crippen molar-refractivity contribution in [1.82, 2.24) is 5.32 Å². The highest BCUT2D eigenvalue weighted by Gasteiger charge is 2.45. The van der Waals surface area contributed by atoms with Gasteiger partial charge in [-0.3, -0.25) is 4.79 Å². The van der Waals surface area contributed by atoms with Crippen LogP contribution < -0.4 is 5.32 Å². The van der Waals surface area contributed by atoms with Crippen LogP contribution in [0.3, 0.4) is 0 Å². The summed E-state index contributed by atoms with van der Waals surface area (Å²) in [5.41, 5.74) is -0.0126. The lowest BCUT2D eigenvalue weighted by Gasteiger charge is -2.33. The molecule has 0 aromatic heterocycles. The third-order valence-corrected chi connectivity index (χ3v) is 4.02. The number of aliphatic carboxylic acids is 1. The van der Waals surface area contributed by atoms with E-state index in [1.807, 2.05) is 0 Å². The molecule has 0 spiro atoms. The van der Waals surface area contributed by atoms with E-state index < -0.39 is 5.97 Å². The SMILES string of the molecule is CCC(C)CC1(CC)CNCC1C(=O)O.